The van der Waals surface area contributed by atoms with E-state index in [1.807, 2.05) is 0 Å². The molecular formula is C12H11N3O3. The molecule has 0 spiro atoms. The summed E-state index contributed by atoms with van der Waals surface area (Å²) in [6, 6.07) is 10.0. The number of nitro groups is 1. The van der Waals surface area contributed by atoms with Crippen molar-refractivity contribution in [3.8, 4) is 5.75 Å². The molecule has 1 aromatic carbocycles. The molecule has 0 bridgehead atoms. The van der Waals surface area contributed by atoms with E-state index in [1.54, 1.807) is 31.4 Å². The van der Waals surface area contributed by atoms with Crippen LogP contribution in [0, 0.1) is 10.1 Å². The fraction of sp³-hybridized carbons (Fsp3) is 0.0833. The van der Waals surface area contributed by atoms with Gasteiger partial charge in [-0.15, -0.1) is 0 Å². The standard InChI is InChI=1S/C12H11N3O3/c1-18-10-5-2-4-9(8-10)14-12-11(15(16)17)6-3-7-13-12/h2-8H,1H3,(H,13,14). The quantitative estimate of drug-likeness (QED) is 0.662. The number of nitrogens with zero attached hydrogens (tertiary/aromatic N) is 2. The van der Waals surface area contributed by atoms with Crippen LogP contribution in [-0.2, 0) is 0 Å². The van der Waals surface area contributed by atoms with E-state index in [4.69, 9.17) is 4.74 Å². The second kappa shape index (κ2) is 5.13. The molecule has 0 aliphatic heterocycles. The maximum absolute atomic E-state index is 10.8. The summed E-state index contributed by atoms with van der Waals surface area (Å²) in [6.45, 7) is 0. The Labute approximate surface area is 103 Å². The Morgan fingerprint density at radius 1 is 1.33 bits per heavy atom. The molecule has 18 heavy (non-hydrogen) atoms. The Kier molecular flexibility index (Phi) is 3.38. The molecule has 2 aromatic rings. The Morgan fingerprint density at radius 3 is 2.89 bits per heavy atom. The fourth-order valence-corrected chi connectivity index (χ4v) is 1.48. The van der Waals surface area contributed by atoms with Crippen LogP contribution < -0.4 is 10.1 Å². The van der Waals surface area contributed by atoms with Gasteiger partial charge in [-0.1, -0.05) is 6.07 Å². The lowest BCUT2D eigenvalue weighted by Crippen LogP contribution is -1.99. The maximum Gasteiger partial charge on any atom is 0.311 e. The van der Waals surface area contributed by atoms with Crippen molar-refractivity contribution < 1.29 is 9.66 Å². The van der Waals surface area contributed by atoms with Gasteiger partial charge in [-0.3, -0.25) is 10.1 Å². The molecule has 92 valence electrons. The molecule has 0 amide bonds. The molecule has 0 saturated carbocycles. The van der Waals surface area contributed by atoms with Gasteiger partial charge in [0.2, 0.25) is 5.82 Å². The molecule has 1 heterocycles. The van der Waals surface area contributed by atoms with Crippen LogP contribution >= 0.6 is 0 Å². The van der Waals surface area contributed by atoms with Crippen LogP contribution in [0.4, 0.5) is 17.2 Å². The van der Waals surface area contributed by atoms with Crippen LogP contribution in [0.1, 0.15) is 0 Å². The van der Waals surface area contributed by atoms with Gasteiger partial charge in [-0.05, 0) is 18.2 Å². The van der Waals surface area contributed by atoms with Gasteiger partial charge in [0.05, 0.1) is 12.0 Å². The van der Waals surface area contributed by atoms with E-state index in [0.717, 1.165) is 0 Å². The van der Waals surface area contributed by atoms with Crippen molar-refractivity contribution in [2.75, 3.05) is 12.4 Å². The van der Waals surface area contributed by atoms with Crippen LogP contribution in [0.25, 0.3) is 0 Å². The first-order valence-corrected chi connectivity index (χ1v) is 5.21. The van der Waals surface area contributed by atoms with Gasteiger partial charge in [0, 0.05) is 24.0 Å². The summed E-state index contributed by atoms with van der Waals surface area (Å²) in [5.41, 5.74) is 0.608. The second-order valence-electron chi connectivity index (χ2n) is 3.49. The number of rotatable bonds is 4. The second-order valence-corrected chi connectivity index (χ2v) is 3.49. The van der Waals surface area contributed by atoms with Crippen LogP contribution in [0.15, 0.2) is 42.6 Å². The molecule has 1 N–H and O–H groups in total. The molecule has 6 heteroatoms. The highest BCUT2D eigenvalue weighted by molar-refractivity contribution is 5.65. The molecule has 2 rings (SSSR count). The van der Waals surface area contributed by atoms with Crippen molar-refractivity contribution in [3.63, 3.8) is 0 Å². The van der Waals surface area contributed by atoms with E-state index >= 15 is 0 Å². The molecule has 0 fully saturated rings. The summed E-state index contributed by atoms with van der Waals surface area (Å²) < 4.78 is 5.08. The number of pyridine rings is 1. The van der Waals surface area contributed by atoms with Crippen molar-refractivity contribution in [1.82, 2.24) is 4.98 Å². The van der Waals surface area contributed by atoms with Crippen molar-refractivity contribution in [2.45, 2.75) is 0 Å². The number of benzene rings is 1. The van der Waals surface area contributed by atoms with E-state index in [9.17, 15) is 10.1 Å². The highest BCUT2D eigenvalue weighted by Gasteiger charge is 2.13. The summed E-state index contributed by atoms with van der Waals surface area (Å²) in [7, 11) is 1.56. The van der Waals surface area contributed by atoms with E-state index in [-0.39, 0.29) is 11.5 Å². The van der Waals surface area contributed by atoms with E-state index in [1.165, 1.54) is 18.3 Å². The normalized spacial score (nSPS) is 9.83. The first kappa shape index (κ1) is 11.8. The minimum Gasteiger partial charge on any atom is -0.497 e. The van der Waals surface area contributed by atoms with Gasteiger partial charge < -0.3 is 10.1 Å². The van der Waals surface area contributed by atoms with Gasteiger partial charge in [-0.25, -0.2) is 4.98 Å². The van der Waals surface area contributed by atoms with Gasteiger partial charge in [0.15, 0.2) is 0 Å². The zero-order valence-corrected chi connectivity index (χ0v) is 9.66. The van der Waals surface area contributed by atoms with Crippen LogP contribution in [0.5, 0.6) is 5.75 Å². The predicted molar refractivity (Wildman–Crippen MR) is 67.2 cm³/mol. The van der Waals surface area contributed by atoms with E-state index in [2.05, 4.69) is 10.3 Å². The lowest BCUT2D eigenvalue weighted by Gasteiger charge is -2.07. The van der Waals surface area contributed by atoms with Crippen molar-refractivity contribution in [1.29, 1.82) is 0 Å². The van der Waals surface area contributed by atoms with Crippen molar-refractivity contribution in [2.24, 2.45) is 0 Å². The number of nitrogens with one attached hydrogen (secondary N) is 1. The first-order valence-electron chi connectivity index (χ1n) is 5.21. The smallest absolute Gasteiger partial charge is 0.311 e. The summed E-state index contributed by atoms with van der Waals surface area (Å²) in [5, 5.41) is 13.7. The number of ether oxygens (including phenoxy) is 1. The Bertz CT molecular complexity index is 572. The molecule has 0 unspecified atom stereocenters. The third-order valence-electron chi connectivity index (χ3n) is 2.32. The Balaban J connectivity index is 2.31. The Morgan fingerprint density at radius 2 is 2.17 bits per heavy atom. The summed E-state index contributed by atoms with van der Waals surface area (Å²) in [5.74, 6) is 0.870. The zero-order valence-electron chi connectivity index (χ0n) is 9.66. The van der Waals surface area contributed by atoms with Crippen LogP contribution in [0.3, 0.4) is 0 Å². The molecule has 6 nitrogen and oxygen atoms in total. The first-order chi connectivity index (χ1) is 8.70. The van der Waals surface area contributed by atoms with Crippen molar-refractivity contribution >= 4 is 17.2 Å². The van der Waals surface area contributed by atoms with E-state index < -0.39 is 4.92 Å². The number of anilines is 2. The molecule has 0 radical (unpaired) electrons. The van der Waals surface area contributed by atoms with E-state index in [0.29, 0.717) is 11.4 Å². The minimum absolute atomic E-state index is 0.0691. The molecule has 0 aliphatic carbocycles. The molecule has 0 saturated heterocycles. The fourth-order valence-electron chi connectivity index (χ4n) is 1.48. The SMILES string of the molecule is COc1cccc(Nc2ncccc2[N+](=O)[O-])c1. The monoisotopic (exact) mass is 245 g/mol. The molecule has 0 atom stereocenters. The highest BCUT2D eigenvalue weighted by Crippen LogP contribution is 2.26. The van der Waals surface area contributed by atoms with Gasteiger partial charge >= 0.3 is 5.69 Å². The number of hydrogen-bond donors (Lipinski definition) is 1. The third-order valence-corrected chi connectivity index (χ3v) is 2.32. The highest BCUT2D eigenvalue weighted by atomic mass is 16.6. The third kappa shape index (κ3) is 2.54. The largest absolute Gasteiger partial charge is 0.497 e. The van der Waals surface area contributed by atoms with Gasteiger partial charge in [-0.2, -0.15) is 0 Å². The summed E-state index contributed by atoms with van der Waals surface area (Å²) in [6.07, 6.45) is 1.50. The Hall–Kier alpha value is -2.63. The predicted octanol–water partition coefficient (Wildman–Crippen LogP) is 2.74. The van der Waals surface area contributed by atoms with Crippen LogP contribution in [0.2, 0.25) is 0 Å². The minimum atomic E-state index is -0.477. The molecule has 1 aromatic heterocycles. The zero-order chi connectivity index (χ0) is 13.0. The summed E-state index contributed by atoms with van der Waals surface area (Å²) in [4.78, 5) is 14.3. The lowest BCUT2D eigenvalue weighted by molar-refractivity contribution is -0.384. The molecule has 0 aliphatic rings. The average Bonchev–Trinajstić information content (AvgIpc) is 2.39. The average molecular weight is 245 g/mol. The number of hydrogen-bond acceptors (Lipinski definition) is 5. The lowest BCUT2D eigenvalue weighted by atomic mass is 10.3. The van der Waals surface area contributed by atoms with Gasteiger partial charge in [0.25, 0.3) is 0 Å². The molecular weight excluding hydrogens is 234 g/mol. The van der Waals surface area contributed by atoms with Gasteiger partial charge in [0.1, 0.15) is 5.75 Å². The topological polar surface area (TPSA) is 77.3 Å². The number of methoxy groups -OCH3 is 1. The number of aromatic nitrogens is 1. The van der Waals surface area contributed by atoms with Crippen LogP contribution in [-0.4, -0.2) is 17.0 Å². The van der Waals surface area contributed by atoms with Crippen molar-refractivity contribution in [3.05, 3.63) is 52.7 Å². The summed E-state index contributed by atoms with van der Waals surface area (Å²) >= 11 is 0. The maximum atomic E-state index is 10.8.